The molecule has 0 saturated carbocycles. The van der Waals surface area contributed by atoms with Crippen LogP contribution in [0.15, 0.2) is 37.9 Å². The lowest BCUT2D eigenvalue weighted by Gasteiger charge is -2.01. The molecule has 80 valence electrons. The van der Waals surface area contributed by atoms with Crippen LogP contribution in [-0.2, 0) is 0 Å². The predicted molar refractivity (Wildman–Crippen MR) is 60.7 cm³/mol. The normalized spacial score (nSPS) is 10.0. The molecule has 16 heavy (non-hydrogen) atoms. The first kappa shape index (κ1) is 10.1. The first-order chi connectivity index (χ1) is 7.77. The van der Waals surface area contributed by atoms with Crippen LogP contribution < -0.4 is 0 Å². The third kappa shape index (κ3) is 1.48. The molecule has 0 atom stereocenters. The Morgan fingerprint density at radius 1 is 1.06 bits per heavy atom. The Morgan fingerprint density at radius 2 is 1.50 bits per heavy atom. The zero-order chi connectivity index (χ0) is 11.5. The number of hydrogen-bond acceptors (Lipinski definition) is 3. The fraction of sp³-hybridized carbons (Fsp3) is 0. The molecule has 0 spiro atoms. The first-order valence-corrected chi connectivity index (χ1v) is 4.63. The average Bonchev–Trinajstić information content (AvgIpc) is 2.96. The van der Waals surface area contributed by atoms with Crippen molar-refractivity contribution in [3.63, 3.8) is 0 Å². The molecular formula is C11H10N4O. The van der Waals surface area contributed by atoms with Crippen LogP contribution >= 0.6 is 0 Å². The second-order valence-electron chi connectivity index (χ2n) is 3.01. The van der Waals surface area contributed by atoms with Gasteiger partial charge in [-0.15, -0.1) is 0 Å². The number of ketones is 1. The van der Waals surface area contributed by atoms with Crippen LogP contribution in [-0.4, -0.2) is 24.9 Å². The Morgan fingerprint density at radius 3 is 1.88 bits per heavy atom. The molecule has 5 heteroatoms. The van der Waals surface area contributed by atoms with Gasteiger partial charge in [-0.2, -0.15) is 0 Å². The highest BCUT2D eigenvalue weighted by molar-refractivity contribution is 6.05. The van der Waals surface area contributed by atoms with Crippen LogP contribution in [0.2, 0.25) is 0 Å². The first-order valence-electron chi connectivity index (χ1n) is 4.63. The van der Waals surface area contributed by atoms with Gasteiger partial charge >= 0.3 is 0 Å². The van der Waals surface area contributed by atoms with Gasteiger partial charge in [0.05, 0.1) is 0 Å². The van der Waals surface area contributed by atoms with Gasteiger partial charge in [-0.05, 0) is 0 Å². The number of nitrogens with zero attached hydrogens (tertiary/aromatic N) is 4. The molecule has 0 radical (unpaired) electrons. The monoisotopic (exact) mass is 214 g/mol. The molecule has 0 amide bonds. The number of imidazole rings is 2. The Kier molecular flexibility index (Phi) is 2.51. The van der Waals surface area contributed by atoms with Gasteiger partial charge in [0.15, 0.2) is 11.6 Å². The zero-order valence-electron chi connectivity index (χ0n) is 8.58. The Balaban J connectivity index is 2.47. The van der Waals surface area contributed by atoms with Crippen molar-refractivity contribution < 1.29 is 4.79 Å². The summed E-state index contributed by atoms with van der Waals surface area (Å²) in [6.07, 6.45) is 9.41. The minimum Gasteiger partial charge on any atom is -0.304 e. The third-order valence-electron chi connectivity index (χ3n) is 2.14. The van der Waals surface area contributed by atoms with Gasteiger partial charge < -0.3 is 9.13 Å². The van der Waals surface area contributed by atoms with Gasteiger partial charge in [0.2, 0.25) is 0 Å². The van der Waals surface area contributed by atoms with E-state index in [-0.39, 0.29) is 17.4 Å². The molecule has 0 bridgehead atoms. The number of aromatic nitrogens is 4. The summed E-state index contributed by atoms with van der Waals surface area (Å²) in [6, 6.07) is 0. The lowest BCUT2D eigenvalue weighted by molar-refractivity contribution is 0.101. The van der Waals surface area contributed by atoms with Crippen molar-refractivity contribution in [2.45, 2.75) is 0 Å². The van der Waals surface area contributed by atoms with Crippen molar-refractivity contribution in [1.82, 2.24) is 19.1 Å². The van der Waals surface area contributed by atoms with E-state index in [1.165, 1.54) is 24.8 Å². The molecule has 2 rings (SSSR count). The van der Waals surface area contributed by atoms with Crippen molar-refractivity contribution >= 4 is 18.2 Å². The molecule has 0 aliphatic heterocycles. The summed E-state index contributed by atoms with van der Waals surface area (Å²) >= 11 is 0. The van der Waals surface area contributed by atoms with E-state index in [0.717, 1.165) is 0 Å². The molecule has 0 aliphatic carbocycles. The standard InChI is InChI=1S/C11H10N4O/c1-3-14-7-5-12-10(14)9(16)11-13-6-8-15(11)4-2/h3-8H,1-2H2. The maximum absolute atomic E-state index is 12.1. The van der Waals surface area contributed by atoms with E-state index in [2.05, 4.69) is 23.1 Å². The van der Waals surface area contributed by atoms with Crippen molar-refractivity contribution in [3.05, 3.63) is 49.6 Å². The smallest absolute Gasteiger partial charge is 0.264 e. The summed E-state index contributed by atoms with van der Waals surface area (Å²) in [5.74, 6) is 0.295. The molecule has 0 saturated heterocycles. The van der Waals surface area contributed by atoms with E-state index in [0.29, 0.717) is 0 Å². The highest BCUT2D eigenvalue weighted by Gasteiger charge is 2.18. The Hall–Kier alpha value is -2.43. The highest BCUT2D eigenvalue weighted by Crippen LogP contribution is 2.07. The number of carbonyl (C=O) groups is 1. The summed E-state index contributed by atoms with van der Waals surface area (Å²) in [7, 11) is 0. The molecule has 0 aliphatic rings. The van der Waals surface area contributed by atoms with Crippen LogP contribution in [0.3, 0.4) is 0 Å². The second kappa shape index (κ2) is 3.98. The molecule has 0 unspecified atom stereocenters. The minimum absolute atomic E-state index is 0.269. The fourth-order valence-electron chi connectivity index (χ4n) is 1.37. The molecule has 2 aromatic rings. The van der Waals surface area contributed by atoms with E-state index < -0.39 is 0 Å². The van der Waals surface area contributed by atoms with Crippen LogP contribution in [0.5, 0.6) is 0 Å². The van der Waals surface area contributed by atoms with Crippen LogP contribution in [0.25, 0.3) is 12.4 Å². The largest absolute Gasteiger partial charge is 0.304 e. The van der Waals surface area contributed by atoms with E-state index in [1.807, 2.05) is 0 Å². The summed E-state index contributed by atoms with van der Waals surface area (Å²) in [6.45, 7) is 7.19. The quantitative estimate of drug-likeness (QED) is 0.725. The van der Waals surface area contributed by atoms with Crippen molar-refractivity contribution in [2.75, 3.05) is 0 Å². The van der Waals surface area contributed by atoms with Gasteiger partial charge in [0.1, 0.15) is 0 Å². The molecule has 5 nitrogen and oxygen atoms in total. The second-order valence-corrected chi connectivity index (χ2v) is 3.01. The third-order valence-corrected chi connectivity index (χ3v) is 2.14. The maximum Gasteiger partial charge on any atom is 0.264 e. The van der Waals surface area contributed by atoms with Gasteiger partial charge in [0.25, 0.3) is 5.78 Å². The summed E-state index contributed by atoms with van der Waals surface area (Å²) in [5, 5.41) is 0. The Bertz CT molecular complexity index is 502. The van der Waals surface area contributed by atoms with Gasteiger partial charge in [-0.1, -0.05) is 13.2 Å². The van der Waals surface area contributed by atoms with E-state index in [9.17, 15) is 4.79 Å². The Labute approximate surface area is 92.4 Å². The van der Waals surface area contributed by atoms with E-state index in [4.69, 9.17) is 0 Å². The predicted octanol–water partition coefficient (Wildman–Crippen LogP) is 1.51. The van der Waals surface area contributed by atoms with E-state index in [1.54, 1.807) is 21.5 Å². The summed E-state index contributed by atoms with van der Waals surface area (Å²) in [5.41, 5.74) is 0. The van der Waals surface area contributed by atoms with Crippen LogP contribution in [0.4, 0.5) is 0 Å². The molecule has 0 aromatic carbocycles. The lowest BCUT2D eigenvalue weighted by Crippen LogP contribution is -2.12. The van der Waals surface area contributed by atoms with Crippen molar-refractivity contribution in [3.8, 4) is 0 Å². The molecule has 2 aromatic heterocycles. The molecule has 0 fully saturated rings. The van der Waals surface area contributed by atoms with Gasteiger partial charge in [-0.25, -0.2) is 9.97 Å². The SMILES string of the molecule is C=Cn1ccnc1C(=O)c1nccn1C=C. The van der Waals surface area contributed by atoms with E-state index >= 15 is 0 Å². The maximum atomic E-state index is 12.1. The molecule has 2 heterocycles. The van der Waals surface area contributed by atoms with Crippen molar-refractivity contribution in [1.29, 1.82) is 0 Å². The lowest BCUT2D eigenvalue weighted by atomic mass is 10.3. The zero-order valence-corrected chi connectivity index (χ0v) is 8.58. The highest BCUT2D eigenvalue weighted by atomic mass is 16.1. The minimum atomic E-state index is -0.269. The van der Waals surface area contributed by atoms with Gasteiger partial charge in [0, 0.05) is 37.2 Å². The summed E-state index contributed by atoms with van der Waals surface area (Å²) < 4.78 is 3.09. The van der Waals surface area contributed by atoms with Crippen LogP contribution in [0, 0.1) is 0 Å². The van der Waals surface area contributed by atoms with Crippen molar-refractivity contribution in [2.24, 2.45) is 0 Å². The average molecular weight is 214 g/mol. The fourth-order valence-corrected chi connectivity index (χ4v) is 1.37. The molecular weight excluding hydrogens is 204 g/mol. The topological polar surface area (TPSA) is 52.7 Å². The van der Waals surface area contributed by atoms with Crippen LogP contribution in [0.1, 0.15) is 16.4 Å². The van der Waals surface area contributed by atoms with Gasteiger partial charge in [-0.3, -0.25) is 4.79 Å². The number of rotatable bonds is 4. The molecule has 0 N–H and O–H groups in total. The number of carbonyl (C=O) groups excluding carboxylic acids is 1. The number of hydrogen-bond donors (Lipinski definition) is 0. The summed E-state index contributed by atoms with van der Waals surface area (Å²) in [4.78, 5) is 20.0.